The fraction of sp³-hybridized carbons (Fsp3) is 0.200. The van der Waals surface area contributed by atoms with Crippen LogP contribution in [0.1, 0.15) is 16.7 Å². The van der Waals surface area contributed by atoms with Crippen LogP contribution in [0, 0.1) is 11.3 Å². The zero-order valence-corrected chi connectivity index (χ0v) is 9.14. The Morgan fingerprint density at radius 3 is 2.67 bits per heavy atom. The number of carbonyl (C=O) groups is 1. The molecule has 0 bridgehead atoms. The zero-order valence-electron chi connectivity index (χ0n) is 7.63. The van der Waals surface area contributed by atoms with Gasteiger partial charge in [0, 0.05) is 5.88 Å². The molecule has 0 aliphatic heterocycles. The lowest BCUT2D eigenvalue weighted by molar-refractivity contribution is -0.136. The minimum absolute atomic E-state index is 0.130. The standard InChI is InChI=1S/C10H7Cl2NO2/c11-4-7-1-6(3-10(14)15)2-9(12)8(7)5-13/h1-2H,3-4H2,(H,14,15). The van der Waals surface area contributed by atoms with Crippen molar-refractivity contribution in [1.82, 2.24) is 0 Å². The average Bonchev–Trinajstić information content (AvgIpc) is 2.15. The van der Waals surface area contributed by atoms with E-state index >= 15 is 0 Å². The maximum atomic E-state index is 10.5. The van der Waals surface area contributed by atoms with E-state index in [-0.39, 0.29) is 17.3 Å². The van der Waals surface area contributed by atoms with Gasteiger partial charge in [-0.2, -0.15) is 5.26 Å². The number of benzene rings is 1. The van der Waals surface area contributed by atoms with Gasteiger partial charge in [0.25, 0.3) is 0 Å². The van der Waals surface area contributed by atoms with Crippen LogP contribution in [0.5, 0.6) is 0 Å². The second kappa shape index (κ2) is 5.01. The quantitative estimate of drug-likeness (QED) is 0.831. The summed E-state index contributed by atoms with van der Waals surface area (Å²) in [6.45, 7) is 0. The maximum Gasteiger partial charge on any atom is 0.307 e. The Hall–Kier alpha value is -1.24. The van der Waals surface area contributed by atoms with Crippen LogP contribution in [0.15, 0.2) is 12.1 Å². The van der Waals surface area contributed by atoms with Crippen molar-refractivity contribution in [3.05, 3.63) is 33.8 Å². The Kier molecular flexibility index (Phi) is 3.96. The molecule has 1 aromatic carbocycles. The first-order chi connectivity index (χ1) is 7.08. The third kappa shape index (κ3) is 2.85. The Morgan fingerprint density at radius 1 is 1.53 bits per heavy atom. The number of aliphatic carboxylic acids is 1. The molecule has 0 unspecified atom stereocenters. The van der Waals surface area contributed by atoms with E-state index in [0.717, 1.165) is 0 Å². The molecule has 0 saturated carbocycles. The molecule has 0 aromatic heterocycles. The monoisotopic (exact) mass is 243 g/mol. The van der Waals surface area contributed by atoms with Crippen molar-refractivity contribution in [2.24, 2.45) is 0 Å². The minimum Gasteiger partial charge on any atom is -0.481 e. The second-order valence-corrected chi connectivity index (χ2v) is 3.60. The van der Waals surface area contributed by atoms with E-state index in [1.54, 1.807) is 6.07 Å². The first-order valence-corrected chi connectivity index (χ1v) is 4.99. The molecule has 0 amide bonds. The van der Waals surface area contributed by atoms with Gasteiger partial charge in [0.2, 0.25) is 0 Å². The molecule has 1 aromatic rings. The summed E-state index contributed by atoms with van der Waals surface area (Å²) in [5.41, 5.74) is 1.41. The molecule has 1 rings (SSSR count). The largest absolute Gasteiger partial charge is 0.481 e. The molecule has 0 spiro atoms. The number of nitriles is 1. The molecule has 0 radical (unpaired) electrons. The molecule has 0 atom stereocenters. The fourth-order valence-electron chi connectivity index (χ4n) is 1.23. The molecule has 1 N–H and O–H groups in total. The second-order valence-electron chi connectivity index (χ2n) is 2.93. The lowest BCUT2D eigenvalue weighted by atomic mass is 10.0. The van der Waals surface area contributed by atoms with Crippen molar-refractivity contribution >= 4 is 29.2 Å². The van der Waals surface area contributed by atoms with E-state index in [0.29, 0.717) is 16.7 Å². The Labute approximate surface area is 96.8 Å². The van der Waals surface area contributed by atoms with Crippen molar-refractivity contribution in [3.63, 3.8) is 0 Å². The van der Waals surface area contributed by atoms with Gasteiger partial charge in [-0.1, -0.05) is 17.7 Å². The number of carboxylic acids is 1. The predicted octanol–water partition coefficient (Wildman–Crippen LogP) is 2.58. The molecule has 15 heavy (non-hydrogen) atoms. The normalized spacial score (nSPS) is 9.67. The van der Waals surface area contributed by atoms with Crippen LogP contribution >= 0.6 is 23.2 Å². The molecule has 0 fully saturated rings. The van der Waals surface area contributed by atoms with Crippen molar-refractivity contribution < 1.29 is 9.90 Å². The summed E-state index contributed by atoms with van der Waals surface area (Å²) in [7, 11) is 0. The Balaban J connectivity index is 3.21. The Morgan fingerprint density at radius 2 is 2.20 bits per heavy atom. The lowest BCUT2D eigenvalue weighted by Crippen LogP contribution is -2.01. The lowest BCUT2D eigenvalue weighted by Gasteiger charge is -2.05. The highest BCUT2D eigenvalue weighted by atomic mass is 35.5. The van der Waals surface area contributed by atoms with E-state index in [1.165, 1.54) is 6.07 Å². The van der Waals surface area contributed by atoms with Gasteiger partial charge in [0.15, 0.2) is 0 Å². The molecular weight excluding hydrogens is 237 g/mol. The van der Waals surface area contributed by atoms with Crippen LogP contribution < -0.4 is 0 Å². The molecule has 0 aliphatic carbocycles. The molecule has 3 nitrogen and oxygen atoms in total. The van der Waals surface area contributed by atoms with Gasteiger partial charge in [0.05, 0.1) is 17.0 Å². The van der Waals surface area contributed by atoms with E-state index in [4.69, 9.17) is 33.6 Å². The first-order valence-electron chi connectivity index (χ1n) is 4.07. The molecule has 78 valence electrons. The van der Waals surface area contributed by atoms with Gasteiger partial charge in [-0.15, -0.1) is 11.6 Å². The molecule has 0 saturated heterocycles. The number of alkyl halides is 1. The minimum atomic E-state index is -0.948. The van der Waals surface area contributed by atoms with E-state index in [9.17, 15) is 4.79 Å². The number of rotatable bonds is 3. The summed E-state index contributed by atoms with van der Waals surface area (Å²) in [6.07, 6.45) is -0.130. The van der Waals surface area contributed by atoms with Crippen molar-refractivity contribution in [3.8, 4) is 6.07 Å². The average molecular weight is 244 g/mol. The van der Waals surface area contributed by atoms with E-state index < -0.39 is 5.97 Å². The summed E-state index contributed by atoms with van der Waals surface area (Å²) in [5.74, 6) is -0.813. The number of hydrogen-bond acceptors (Lipinski definition) is 2. The third-order valence-corrected chi connectivity index (χ3v) is 2.43. The Bertz CT molecular complexity index is 438. The van der Waals surface area contributed by atoms with Crippen LogP contribution in [0.3, 0.4) is 0 Å². The zero-order chi connectivity index (χ0) is 11.4. The molecule has 0 aliphatic rings. The highest BCUT2D eigenvalue weighted by molar-refractivity contribution is 6.32. The van der Waals surface area contributed by atoms with Gasteiger partial charge in [0.1, 0.15) is 6.07 Å². The summed E-state index contributed by atoms with van der Waals surface area (Å²) in [4.78, 5) is 10.5. The molecular formula is C10H7Cl2NO2. The first kappa shape index (κ1) is 11.8. The molecule has 5 heteroatoms. The number of hydrogen-bond donors (Lipinski definition) is 1. The van der Waals surface area contributed by atoms with Crippen LogP contribution in [-0.2, 0) is 17.1 Å². The van der Waals surface area contributed by atoms with Gasteiger partial charge in [-0.3, -0.25) is 4.79 Å². The van der Waals surface area contributed by atoms with Gasteiger partial charge < -0.3 is 5.11 Å². The van der Waals surface area contributed by atoms with Crippen molar-refractivity contribution in [2.75, 3.05) is 0 Å². The summed E-state index contributed by atoms with van der Waals surface area (Å²) < 4.78 is 0. The highest BCUT2D eigenvalue weighted by Gasteiger charge is 2.10. The topological polar surface area (TPSA) is 61.1 Å². The van der Waals surface area contributed by atoms with Gasteiger partial charge in [-0.05, 0) is 17.2 Å². The van der Waals surface area contributed by atoms with Gasteiger partial charge >= 0.3 is 5.97 Å². The number of carboxylic acid groups (broad SMARTS) is 1. The van der Waals surface area contributed by atoms with E-state index in [2.05, 4.69) is 0 Å². The summed E-state index contributed by atoms with van der Waals surface area (Å²) in [6, 6.07) is 5.00. The van der Waals surface area contributed by atoms with Crippen LogP contribution in [0.25, 0.3) is 0 Å². The van der Waals surface area contributed by atoms with Gasteiger partial charge in [-0.25, -0.2) is 0 Å². The maximum absolute atomic E-state index is 10.5. The predicted molar refractivity (Wildman–Crippen MR) is 57.1 cm³/mol. The van der Waals surface area contributed by atoms with Crippen LogP contribution in [0.4, 0.5) is 0 Å². The smallest absolute Gasteiger partial charge is 0.307 e. The third-order valence-electron chi connectivity index (χ3n) is 1.84. The fourth-order valence-corrected chi connectivity index (χ4v) is 1.75. The van der Waals surface area contributed by atoms with E-state index in [1.807, 2.05) is 6.07 Å². The number of halogens is 2. The van der Waals surface area contributed by atoms with Crippen LogP contribution in [-0.4, -0.2) is 11.1 Å². The van der Waals surface area contributed by atoms with Crippen molar-refractivity contribution in [2.45, 2.75) is 12.3 Å². The summed E-state index contributed by atoms with van der Waals surface area (Å²) >= 11 is 11.5. The SMILES string of the molecule is N#Cc1c(Cl)cc(CC(=O)O)cc1CCl. The summed E-state index contributed by atoms with van der Waals surface area (Å²) in [5, 5.41) is 17.6. The van der Waals surface area contributed by atoms with Crippen LogP contribution in [0.2, 0.25) is 5.02 Å². The van der Waals surface area contributed by atoms with Crippen molar-refractivity contribution in [1.29, 1.82) is 5.26 Å². The highest BCUT2D eigenvalue weighted by Crippen LogP contribution is 2.23. The number of nitrogens with zero attached hydrogens (tertiary/aromatic N) is 1. The molecule has 0 heterocycles.